The molecule has 2 N–H and O–H groups in total. The van der Waals surface area contributed by atoms with Gasteiger partial charge in [-0.1, -0.05) is 84.3 Å². The summed E-state index contributed by atoms with van der Waals surface area (Å²) in [7, 11) is 0. The van der Waals surface area contributed by atoms with Gasteiger partial charge in [-0.25, -0.2) is 9.97 Å². The van der Waals surface area contributed by atoms with Gasteiger partial charge in [-0.15, -0.1) is 0 Å². The number of H-pyrrole nitrogens is 2. The van der Waals surface area contributed by atoms with Crippen LogP contribution < -0.4 is 10.2 Å². The van der Waals surface area contributed by atoms with Gasteiger partial charge in [-0.05, 0) is 24.3 Å². The molecular formula is C26H18CuN4O2. The van der Waals surface area contributed by atoms with Crippen LogP contribution in [0.5, 0.6) is 11.5 Å². The standard InChI is InChI=1S/2C13H10N2O.Cu/c2*16-12-8-4-1-5-9(12)13-14-10-6-2-3-7-11(10)15-13;/h2*1-8,16H,(H,14,15);/q;;+2/p-2. The largest absolute Gasteiger partial charge is 2.00 e. The van der Waals surface area contributed by atoms with E-state index in [0.717, 1.165) is 22.1 Å². The second-order valence-electron chi connectivity index (χ2n) is 7.20. The van der Waals surface area contributed by atoms with Gasteiger partial charge in [0.25, 0.3) is 0 Å². The number of para-hydroxylation sites is 6. The SMILES string of the molecule is [Cu+2].[O-]c1ccccc1-c1nc2ccccc2[nH]1.[O-]c1ccccc1-c1nc2ccccc2[nH]1. The molecule has 0 aliphatic carbocycles. The fraction of sp³-hybridized carbons (Fsp3) is 0. The van der Waals surface area contributed by atoms with Crippen LogP contribution in [0, 0.1) is 0 Å². The van der Waals surface area contributed by atoms with Gasteiger partial charge in [-0.2, -0.15) is 0 Å². The van der Waals surface area contributed by atoms with Gasteiger partial charge in [0.05, 0.1) is 22.1 Å². The number of hydrogen-bond acceptors (Lipinski definition) is 4. The summed E-state index contributed by atoms with van der Waals surface area (Å²) in [5.41, 5.74) is 4.86. The van der Waals surface area contributed by atoms with Crippen LogP contribution in [-0.2, 0) is 17.1 Å². The molecule has 4 aromatic carbocycles. The van der Waals surface area contributed by atoms with E-state index in [1.165, 1.54) is 0 Å². The van der Waals surface area contributed by atoms with Gasteiger partial charge in [0.1, 0.15) is 11.6 Å². The molecule has 0 bridgehead atoms. The Morgan fingerprint density at radius 3 is 1.24 bits per heavy atom. The molecule has 0 fully saturated rings. The van der Waals surface area contributed by atoms with Crippen LogP contribution >= 0.6 is 0 Å². The Bertz CT molecular complexity index is 1340. The minimum atomic E-state index is -0.0124. The fourth-order valence-corrected chi connectivity index (χ4v) is 3.49. The van der Waals surface area contributed by atoms with E-state index in [0.29, 0.717) is 22.8 Å². The van der Waals surface area contributed by atoms with E-state index in [1.807, 2.05) is 60.7 Å². The van der Waals surface area contributed by atoms with Crippen LogP contribution in [0.15, 0.2) is 97.1 Å². The van der Waals surface area contributed by atoms with Crippen molar-refractivity contribution in [1.82, 2.24) is 19.9 Å². The average Bonchev–Trinajstić information content (AvgIpc) is 3.44. The first-order chi connectivity index (χ1) is 15.7. The van der Waals surface area contributed by atoms with Crippen LogP contribution in [0.1, 0.15) is 0 Å². The summed E-state index contributed by atoms with van der Waals surface area (Å²) in [6.07, 6.45) is 0. The molecule has 165 valence electrons. The fourth-order valence-electron chi connectivity index (χ4n) is 3.49. The van der Waals surface area contributed by atoms with Crippen molar-refractivity contribution < 1.29 is 27.3 Å². The van der Waals surface area contributed by atoms with Crippen LogP contribution in [0.2, 0.25) is 0 Å². The molecule has 33 heavy (non-hydrogen) atoms. The topological polar surface area (TPSA) is 103 Å². The molecule has 6 nitrogen and oxygen atoms in total. The molecule has 0 aliphatic rings. The molecule has 2 aromatic heterocycles. The number of aromatic nitrogens is 4. The number of imidazole rings is 2. The quantitative estimate of drug-likeness (QED) is 0.352. The number of aromatic amines is 2. The minimum Gasteiger partial charge on any atom is -0.872 e. The molecule has 0 aliphatic heterocycles. The summed E-state index contributed by atoms with van der Waals surface area (Å²) >= 11 is 0. The smallest absolute Gasteiger partial charge is 0.872 e. The Balaban J connectivity index is 0.000000152. The summed E-state index contributed by atoms with van der Waals surface area (Å²) < 4.78 is 0. The van der Waals surface area contributed by atoms with Crippen LogP contribution in [0.4, 0.5) is 0 Å². The van der Waals surface area contributed by atoms with Crippen LogP contribution in [0.3, 0.4) is 0 Å². The Morgan fingerprint density at radius 1 is 0.485 bits per heavy atom. The number of rotatable bonds is 2. The van der Waals surface area contributed by atoms with Crippen molar-refractivity contribution in [3.63, 3.8) is 0 Å². The van der Waals surface area contributed by atoms with E-state index in [9.17, 15) is 10.2 Å². The number of hydrogen-bond donors (Lipinski definition) is 2. The predicted molar refractivity (Wildman–Crippen MR) is 122 cm³/mol. The molecule has 1 radical (unpaired) electrons. The number of nitrogens with zero attached hydrogens (tertiary/aromatic N) is 2. The van der Waals surface area contributed by atoms with Crippen LogP contribution in [-0.4, -0.2) is 19.9 Å². The van der Waals surface area contributed by atoms with Gasteiger partial charge >= 0.3 is 17.1 Å². The molecule has 7 heteroatoms. The summed E-state index contributed by atoms with van der Waals surface area (Å²) in [5.74, 6) is 1.24. The van der Waals surface area contributed by atoms with Crippen molar-refractivity contribution in [2.45, 2.75) is 0 Å². The number of nitrogens with one attached hydrogen (secondary N) is 2. The van der Waals surface area contributed by atoms with Gasteiger partial charge in [0, 0.05) is 11.1 Å². The average molecular weight is 482 g/mol. The Morgan fingerprint density at radius 2 is 0.848 bits per heavy atom. The first kappa shape index (κ1) is 22.1. The zero-order chi connectivity index (χ0) is 21.9. The summed E-state index contributed by atoms with van der Waals surface area (Å²) in [4.78, 5) is 15.1. The van der Waals surface area contributed by atoms with E-state index in [2.05, 4.69) is 19.9 Å². The Hall–Kier alpha value is -4.06. The molecule has 0 saturated carbocycles. The zero-order valence-electron chi connectivity index (χ0n) is 17.3. The molecule has 6 rings (SSSR count). The first-order valence-electron chi connectivity index (χ1n) is 10.1. The molecule has 2 heterocycles. The maximum absolute atomic E-state index is 11.6. The third-order valence-corrected chi connectivity index (χ3v) is 5.06. The van der Waals surface area contributed by atoms with Crippen molar-refractivity contribution in [3.05, 3.63) is 97.1 Å². The second kappa shape index (κ2) is 9.61. The molecule has 0 spiro atoms. The van der Waals surface area contributed by atoms with E-state index in [4.69, 9.17) is 0 Å². The van der Waals surface area contributed by atoms with Crippen molar-refractivity contribution in [2.24, 2.45) is 0 Å². The second-order valence-corrected chi connectivity index (χ2v) is 7.20. The van der Waals surface area contributed by atoms with Crippen molar-refractivity contribution >= 4 is 22.1 Å². The van der Waals surface area contributed by atoms with Crippen molar-refractivity contribution in [1.29, 1.82) is 0 Å². The molecule has 6 aromatic rings. The molecule has 0 atom stereocenters. The van der Waals surface area contributed by atoms with Crippen molar-refractivity contribution in [2.75, 3.05) is 0 Å². The maximum atomic E-state index is 11.6. The maximum Gasteiger partial charge on any atom is 2.00 e. The van der Waals surface area contributed by atoms with Gasteiger partial charge in [0.2, 0.25) is 0 Å². The monoisotopic (exact) mass is 481 g/mol. The molecule has 0 unspecified atom stereocenters. The summed E-state index contributed by atoms with van der Waals surface area (Å²) in [6.45, 7) is 0. The predicted octanol–water partition coefficient (Wildman–Crippen LogP) is 4.60. The minimum absolute atomic E-state index is 0. The Kier molecular flexibility index (Phi) is 6.45. The van der Waals surface area contributed by atoms with Gasteiger partial charge in [-0.3, -0.25) is 0 Å². The first-order valence-corrected chi connectivity index (χ1v) is 10.1. The van der Waals surface area contributed by atoms with Gasteiger partial charge in [0.15, 0.2) is 0 Å². The zero-order valence-corrected chi connectivity index (χ0v) is 18.2. The molecular weight excluding hydrogens is 464 g/mol. The van der Waals surface area contributed by atoms with E-state index in [-0.39, 0.29) is 28.6 Å². The number of fused-ring (bicyclic) bond motifs is 2. The van der Waals surface area contributed by atoms with Gasteiger partial charge < -0.3 is 20.2 Å². The third kappa shape index (κ3) is 4.60. The normalized spacial score (nSPS) is 10.4. The van der Waals surface area contributed by atoms with E-state index in [1.54, 1.807) is 36.4 Å². The molecule has 0 amide bonds. The Labute approximate surface area is 200 Å². The summed E-state index contributed by atoms with van der Waals surface area (Å²) in [5, 5.41) is 23.3. The third-order valence-electron chi connectivity index (χ3n) is 5.06. The van der Waals surface area contributed by atoms with E-state index >= 15 is 0 Å². The molecule has 0 saturated heterocycles. The van der Waals surface area contributed by atoms with E-state index < -0.39 is 0 Å². The van der Waals surface area contributed by atoms with Crippen molar-refractivity contribution in [3.8, 4) is 34.3 Å². The van der Waals surface area contributed by atoms with Crippen LogP contribution in [0.25, 0.3) is 44.8 Å². The number of benzene rings is 4. The summed E-state index contributed by atoms with van der Waals surface area (Å²) in [6, 6.07) is 29.2.